The fourth-order valence-corrected chi connectivity index (χ4v) is 3.49. The molecule has 0 aromatic heterocycles. The second-order valence-corrected chi connectivity index (χ2v) is 8.23. The zero-order valence-electron chi connectivity index (χ0n) is 15.6. The minimum Gasteiger partial charge on any atom is -0.495 e. The summed E-state index contributed by atoms with van der Waals surface area (Å²) in [5.41, 5.74) is 6.05. The quantitative estimate of drug-likeness (QED) is 0.637. The molecule has 1 saturated heterocycles. The normalized spacial score (nSPS) is 15.9. The molecule has 25 heavy (non-hydrogen) atoms. The Bertz CT molecular complexity index is 581. The minimum atomic E-state index is -0.439. The summed E-state index contributed by atoms with van der Waals surface area (Å²) >= 11 is 1.78. The molecule has 0 aliphatic carbocycles. The molecule has 1 aliphatic rings. The Hall–Kier alpha value is -1.60. The maximum atomic E-state index is 12.1. The Morgan fingerprint density at radius 2 is 1.92 bits per heavy atom. The number of piperazine rings is 1. The van der Waals surface area contributed by atoms with Crippen LogP contribution in [0.4, 0.5) is 10.5 Å². The first-order valence-electron chi connectivity index (χ1n) is 8.55. The van der Waals surface area contributed by atoms with Crippen molar-refractivity contribution in [2.45, 2.75) is 31.3 Å². The van der Waals surface area contributed by atoms with Crippen molar-refractivity contribution in [2.75, 3.05) is 51.3 Å². The van der Waals surface area contributed by atoms with Crippen molar-refractivity contribution in [1.82, 2.24) is 9.80 Å². The van der Waals surface area contributed by atoms with Crippen molar-refractivity contribution in [3.63, 3.8) is 0 Å². The van der Waals surface area contributed by atoms with Crippen LogP contribution in [0.5, 0.6) is 5.75 Å². The van der Waals surface area contributed by atoms with Gasteiger partial charge in [-0.25, -0.2) is 4.79 Å². The van der Waals surface area contributed by atoms with Crippen LogP contribution in [-0.4, -0.2) is 67.1 Å². The number of nitrogens with zero attached hydrogens (tertiary/aromatic N) is 2. The van der Waals surface area contributed by atoms with Crippen molar-refractivity contribution >= 4 is 23.5 Å². The lowest BCUT2D eigenvalue weighted by Gasteiger charge is -2.35. The van der Waals surface area contributed by atoms with Crippen LogP contribution >= 0.6 is 11.8 Å². The SMILES string of the molecule is COc1cc(SCCN2CCN(C(=O)OC(C)(C)C)CC2)ccc1N. The summed E-state index contributed by atoms with van der Waals surface area (Å²) in [6.45, 7) is 9.86. The Labute approximate surface area is 154 Å². The molecule has 140 valence electrons. The zero-order valence-corrected chi connectivity index (χ0v) is 16.4. The minimum absolute atomic E-state index is 0.213. The highest BCUT2D eigenvalue weighted by Gasteiger charge is 2.25. The molecule has 6 nitrogen and oxygen atoms in total. The van der Waals surface area contributed by atoms with Crippen LogP contribution in [0.3, 0.4) is 0 Å². The first kappa shape index (κ1) is 19.7. The van der Waals surface area contributed by atoms with E-state index in [1.165, 1.54) is 0 Å². The van der Waals surface area contributed by atoms with Crippen molar-refractivity contribution in [2.24, 2.45) is 0 Å². The van der Waals surface area contributed by atoms with E-state index in [1.807, 2.05) is 39.0 Å². The highest BCUT2D eigenvalue weighted by molar-refractivity contribution is 7.99. The van der Waals surface area contributed by atoms with Gasteiger partial charge in [0, 0.05) is 43.4 Å². The second-order valence-electron chi connectivity index (χ2n) is 7.06. The highest BCUT2D eigenvalue weighted by Crippen LogP contribution is 2.28. The lowest BCUT2D eigenvalue weighted by molar-refractivity contribution is 0.0150. The van der Waals surface area contributed by atoms with Crippen LogP contribution in [0, 0.1) is 0 Å². The molecule has 0 saturated carbocycles. The number of carbonyl (C=O) groups is 1. The van der Waals surface area contributed by atoms with Gasteiger partial charge in [0.15, 0.2) is 0 Å². The molecule has 2 N–H and O–H groups in total. The molecule has 2 rings (SSSR count). The van der Waals surface area contributed by atoms with E-state index in [-0.39, 0.29) is 6.09 Å². The Balaban J connectivity index is 1.71. The van der Waals surface area contributed by atoms with Crippen LogP contribution < -0.4 is 10.5 Å². The average Bonchev–Trinajstić information content (AvgIpc) is 2.55. The van der Waals surface area contributed by atoms with Gasteiger partial charge in [0.2, 0.25) is 0 Å². The molecule has 0 atom stereocenters. The van der Waals surface area contributed by atoms with Crippen molar-refractivity contribution in [3.8, 4) is 5.75 Å². The predicted molar refractivity (Wildman–Crippen MR) is 102 cm³/mol. The molecule has 0 radical (unpaired) electrons. The van der Waals surface area contributed by atoms with E-state index in [4.69, 9.17) is 15.2 Å². The average molecular weight is 368 g/mol. The second kappa shape index (κ2) is 8.67. The van der Waals surface area contributed by atoms with E-state index >= 15 is 0 Å². The van der Waals surface area contributed by atoms with Crippen molar-refractivity contribution in [1.29, 1.82) is 0 Å². The van der Waals surface area contributed by atoms with Gasteiger partial charge in [0.05, 0.1) is 12.8 Å². The van der Waals surface area contributed by atoms with E-state index in [1.54, 1.807) is 23.8 Å². The fraction of sp³-hybridized carbons (Fsp3) is 0.611. The van der Waals surface area contributed by atoms with Gasteiger partial charge in [-0.15, -0.1) is 11.8 Å². The van der Waals surface area contributed by atoms with Crippen molar-refractivity contribution in [3.05, 3.63) is 18.2 Å². The standard InChI is InChI=1S/C18H29N3O3S/c1-18(2,3)24-17(22)21-9-7-20(8-10-21)11-12-25-14-5-6-15(19)16(13-14)23-4/h5-6,13H,7-12,19H2,1-4H3. The first-order chi connectivity index (χ1) is 11.8. The van der Waals surface area contributed by atoms with Crippen LogP contribution in [0.15, 0.2) is 23.1 Å². The van der Waals surface area contributed by atoms with Crippen LogP contribution in [0.1, 0.15) is 20.8 Å². The first-order valence-corrected chi connectivity index (χ1v) is 9.53. The van der Waals surface area contributed by atoms with E-state index < -0.39 is 5.60 Å². The molecule has 0 spiro atoms. The number of nitrogen functional groups attached to an aromatic ring is 1. The summed E-state index contributed by atoms with van der Waals surface area (Å²) in [7, 11) is 1.63. The predicted octanol–water partition coefficient (Wildman–Crippen LogP) is 2.92. The Morgan fingerprint density at radius 1 is 1.24 bits per heavy atom. The maximum Gasteiger partial charge on any atom is 0.410 e. The summed E-state index contributed by atoms with van der Waals surface area (Å²) < 4.78 is 10.7. The van der Waals surface area contributed by atoms with Gasteiger partial charge in [-0.1, -0.05) is 0 Å². The highest BCUT2D eigenvalue weighted by atomic mass is 32.2. The third-order valence-electron chi connectivity index (χ3n) is 3.91. The van der Waals surface area contributed by atoms with E-state index in [9.17, 15) is 4.79 Å². The number of benzene rings is 1. The number of thioether (sulfide) groups is 1. The Morgan fingerprint density at radius 3 is 2.52 bits per heavy atom. The molecule has 0 bridgehead atoms. The number of nitrogens with two attached hydrogens (primary N) is 1. The largest absolute Gasteiger partial charge is 0.495 e. The number of rotatable bonds is 5. The van der Waals surface area contributed by atoms with Crippen molar-refractivity contribution < 1.29 is 14.3 Å². The number of anilines is 1. The number of carbonyl (C=O) groups excluding carboxylic acids is 1. The van der Waals surface area contributed by atoms with Gasteiger partial charge in [-0.3, -0.25) is 4.90 Å². The molecule has 7 heteroatoms. The summed E-state index contributed by atoms with van der Waals surface area (Å²) in [5.74, 6) is 1.70. The number of hydrogen-bond donors (Lipinski definition) is 1. The van der Waals surface area contributed by atoms with Gasteiger partial charge >= 0.3 is 6.09 Å². The van der Waals surface area contributed by atoms with E-state index in [0.29, 0.717) is 5.69 Å². The molecular formula is C18H29N3O3S. The van der Waals surface area contributed by atoms with E-state index in [0.717, 1.165) is 49.1 Å². The molecular weight excluding hydrogens is 338 g/mol. The Kier molecular flexibility index (Phi) is 6.84. The lowest BCUT2D eigenvalue weighted by Crippen LogP contribution is -2.50. The van der Waals surface area contributed by atoms with Gasteiger partial charge in [0.1, 0.15) is 11.4 Å². The van der Waals surface area contributed by atoms with E-state index in [2.05, 4.69) is 4.90 Å². The topological polar surface area (TPSA) is 68.0 Å². The van der Waals surface area contributed by atoms with Crippen LogP contribution in [0.25, 0.3) is 0 Å². The number of hydrogen-bond acceptors (Lipinski definition) is 6. The maximum absolute atomic E-state index is 12.1. The van der Waals surface area contributed by atoms with Crippen LogP contribution in [0.2, 0.25) is 0 Å². The molecule has 1 fully saturated rings. The molecule has 1 heterocycles. The molecule has 1 amide bonds. The molecule has 1 aliphatic heterocycles. The molecule has 0 unspecified atom stereocenters. The zero-order chi connectivity index (χ0) is 18.4. The number of ether oxygens (including phenoxy) is 2. The van der Waals surface area contributed by atoms with Gasteiger partial charge in [0.25, 0.3) is 0 Å². The molecule has 1 aromatic carbocycles. The number of methoxy groups -OCH3 is 1. The number of amides is 1. The summed E-state index contributed by atoms with van der Waals surface area (Å²) in [5, 5.41) is 0. The molecule has 1 aromatic rings. The monoisotopic (exact) mass is 367 g/mol. The third-order valence-corrected chi connectivity index (χ3v) is 4.88. The summed E-state index contributed by atoms with van der Waals surface area (Å²) in [6, 6.07) is 5.87. The smallest absolute Gasteiger partial charge is 0.410 e. The third kappa shape index (κ3) is 6.32. The summed E-state index contributed by atoms with van der Waals surface area (Å²) in [4.78, 5) is 17.4. The fourth-order valence-electron chi connectivity index (χ4n) is 2.55. The van der Waals surface area contributed by atoms with Crippen LogP contribution in [-0.2, 0) is 4.74 Å². The van der Waals surface area contributed by atoms with Gasteiger partial charge in [-0.2, -0.15) is 0 Å². The summed E-state index contributed by atoms with van der Waals surface area (Å²) in [6.07, 6.45) is -0.213. The van der Waals surface area contributed by atoms with Gasteiger partial charge in [-0.05, 0) is 39.0 Å². The van der Waals surface area contributed by atoms with Gasteiger partial charge < -0.3 is 20.1 Å². The lowest BCUT2D eigenvalue weighted by atomic mass is 10.2.